The number of rotatable bonds is 8. The number of carbonyl (C=O) groups is 2. The SMILES string of the molecule is COc1ccc(NC(=O)[C@@H](NC(=O)c2ccc(F)cc2)C(C)C)cc1S(=O)(=O)N1CCOCC1. The Morgan fingerprint density at radius 1 is 1.09 bits per heavy atom. The average molecular weight is 494 g/mol. The maximum Gasteiger partial charge on any atom is 0.251 e. The summed E-state index contributed by atoms with van der Waals surface area (Å²) in [4.78, 5) is 25.5. The van der Waals surface area contributed by atoms with Crippen LogP contribution in [0.2, 0.25) is 0 Å². The van der Waals surface area contributed by atoms with Crippen molar-refractivity contribution in [1.29, 1.82) is 0 Å². The molecular formula is C23H28FN3O6S. The lowest BCUT2D eigenvalue weighted by atomic mass is 10.0. The van der Waals surface area contributed by atoms with Crippen molar-refractivity contribution in [3.05, 3.63) is 53.8 Å². The van der Waals surface area contributed by atoms with E-state index < -0.39 is 33.7 Å². The van der Waals surface area contributed by atoms with Crippen LogP contribution in [0.4, 0.5) is 10.1 Å². The van der Waals surface area contributed by atoms with Gasteiger partial charge in [0.2, 0.25) is 15.9 Å². The van der Waals surface area contributed by atoms with Crippen molar-refractivity contribution < 1.29 is 31.9 Å². The zero-order valence-corrected chi connectivity index (χ0v) is 20.0. The Labute approximate surface area is 198 Å². The molecule has 0 saturated carbocycles. The summed E-state index contributed by atoms with van der Waals surface area (Å²) in [6.45, 7) is 4.54. The molecule has 2 N–H and O–H groups in total. The van der Waals surface area contributed by atoms with Gasteiger partial charge >= 0.3 is 0 Å². The van der Waals surface area contributed by atoms with E-state index in [1.807, 2.05) is 0 Å². The molecule has 1 fully saturated rings. The molecule has 1 atom stereocenters. The van der Waals surface area contributed by atoms with E-state index in [1.165, 1.54) is 41.7 Å². The van der Waals surface area contributed by atoms with E-state index in [4.69, 9.17) is 9.47 Å². The maximum absolute atomic E-state index is 13.2. The van der Waals surface area contributed by atoms with Crippen molar-refractivity contribution >= 4 is 27.5 Å². The Hall–Kier alpha value is -3.02. The van der Waals surface area contributed by atoms with Crippen LogP contribution in [-0.2, 0) is 19.6 Å². The summed E-state index contributed by atoms with van der Waals surface area (Å²) >= 11 is 0. The molecule has 3 rings (SSSR count). The molecule has 1 aliphatic heterocycles. The van der Waals surface area contributed by atoms with Gasteiger partial charge in [-0.3, -0.25) is 9.59 Å². The van der Waals surface area contributed by atoms with Crippen LogP contribution in [0.3, 0.4) is 0 Å². The summed E-state index contributed by atoms with van der Waals surface area (Å²) in [5.41, 5.74) is 0.447. The first-order chi connectivity index (χ1) is 16.1. The number of morpholine rings is 1. The molecule has 2 amide bonds. The number of hydrogen-bond donors (Lipinski definition) is 2. The Balaban J connectivity index is 1.81. The Morgan fingerprint density at radius 2 is 1.74 bits per heavy atom. The van der Waals surface area contributed by atoms with Crippen LogP contribution in [0.1, 0.15) is 24.2 Å². The highest BCUT2D eigenvalue weighted by Gasteiger charge is 2.30. The molecule has 184 valence electrons. The number of hydrogen-bond acceptors (Lipinski definition) is 6. The van der Waals surface area contributed by atoms with E-state index in [-0.39, 0.29) is 40.9 Å². The van der Waals surface area contributed by atoms with Crippen molar-refractivity contribution in [2.24, 2.45) is 5.92 Å². The van der Waals surface area contributed by atoms with Crippen molar-refractivity contribution in [2.45, 2.75) is 24.8 Å². The molecule has 0 aliphatic carbocycles. The summed E-state index contributed by atoms with van der Waals surface area (Å²) in [7, 11) is -2.51. The van der Waals surface area contributed by atoms with Crippen LogP contribution < -0.4 is 15.4 Å². The van der Waals surface area contributed by atoms with Gasteiger partial charge in [0, 0.05) is 24.3 Å². The first-order valence-corrected chi connectivity index (χ1v) is 12.2. The number of ether oxygens (including phenoxy) is 2. The zero-order valence-electron chi connectivity index (χ0n) is 19.2. The van der Waals surface area contributed by atoms with Crippen LogP contribution in [-0.4, -0.2) is 64.0 Å². The molecule has 0 aromatic heterocycles. The quantitative estimate of drug-likeness (QED) is 0.583. The Bertz CT molecular complexity index is 1130. The summed E-state index contributed by atoms with van der Waals surface area (Å²) in [5, 5.41) is 5.33. The van der Waals surface area contributed by atoms with E-state index in [9.17, 15) is 22.4 Å². The monoisotopic (exact) mass is 493 g/mol. The van der Waals surface area contributed by atoms with E-state index in [0.29, 0.717) is 13.2 Å². The number of sulfonamides is 1. The molecule has 0 radical (unpaired) electrons. The zero-order chi connectivity index (χ0) is 24.9. The molecule has 9 nitrogen and oxygen atoms in total. The van der Waals surface area contributed by atoms with Crippen molar-refractivity contribution in [1.82, 2.24) is 9.62 Å². The molecule has 1 aliphatic rings. The van der Waals surface area contributed by atoms with Gasteiger partial charge < -0.3 is 20.1 Å². The molecule has 1 saturated heterocycles. The lowest BCUT2D eigenvalue weighted by molar-refractivity contribution is -0.118. The van der Waals surface area contributed by atoms with E-state index in [2.05, 4.69) is 10.6 Å². The average Bonchev–Trinajstić information content (AvgIpc) is 2.83. The number of carbonyl (C=O) groups excluding carboxylic acids is 2. The van der Waals surface area contributed by atoms with E-state index in [0.717, 1.165) is 12.1 Å². The van der Waals surface area contributed by atoms with E-state index >= 15 is 0 Å². The fraction of sp³-hybridized carbons (Fsp3) is 0.391. The number of anilines is 1. The fourth-order valence-electron chi connectivity index (χ4n) is 3.46. The molecule has 2 aromatic rings. The highest BCUT2D eigenvalue weighted by Crippen LogP contribution is 2.30. The number of halogens is 1. The third-order valence-corrected chi connectivity index (χ3v) is 7.28. The van der Waals surface area contributed by atoms with Crippen LogP contribution in [0.15, 0.2) is 47.4 Å². The normalized spacial score (nSPS) is 15.6. The van der Waals surface area contributed by atoms with Gasteiger partial charge in [0.15, 0.2) is 0 Å². The van der Waals surface area contributed by atoms with Gasteiger partial charge in [0.25, 0.3) is 5.91 Å². The smallest absolute Gasteiger partial charge is 0.251 e. The second-order valence-corrected chi connectivity index (χ2v) is 9.98. The lowest BCUT2D eigenvalue weighted by Gasteiger charge is -2.27. The van der Waals surface area contributed by atoms with Gasteiger partial charge in [-0.2, -0.15) is 4.31 Å². The Morgan fingerprint density at radius 3 is 2.32 bits per heavy atom. The summed E-state index contributed by atoms with van der Waals surface area (Å²) in [5.74, 6) is -1.66. The molecule has 0 bridgehead atoms. The molecule has 2 aromatic carbocycles. The first kappa shape index (κ1) is 25.6. The van der Waals surface area contributed by atoms with Crippen LogP contribution in [0.25, 0.3) is 0 Å². The number of nitrogens with one attached hydrogen (secondary N) is 2. The van der Waals surface area contributed by atoms with Crippen LogP contribution in [0.5, 0.6) is 5.75 Å². The largest absolute Gasteiger partial charge is 0.495 e. The third-order valence-electron chi connectivity index (χ3n) is 5.36. The molecule has 0 spiro atoms. The topological polar surface area (TPSA) is 114 Å². The minimum atomic E-state index is -3.88. The number of amides is 2. The van der Waals surface area contributed by atoms with Crippen molar-refractivity contribution in [3.8, 4) is 5.75 Å². The van der Waals surface area contributed by atoms with Gasteiger partial charge in [-0.15, -0.1) is 0 Å². The van der Waals surface area contributed by atoms with Crippen molar-refractivity contribution in [3.63, 3.8) is 0 Å². The summed E-state index contributed by atoms with van der Waals surface area (Å²) in [6, 6.07) is 8.37. The number of methoxy groups -OCH3 is 1. The lowest BCUT2D eigenvalue weighted by Crippen LogP contribution is -2.47. The second-order valence-electron chi connectivity index (χ2n) is 8.07. The van der Waals surface area contributed by atoms with Crippen molar-refractivity contribution in [2.75, 3.05) is 38.7 Å². The number of benzene rings is 2. The van der Waals surface area contributed by atoms with Gasteiger partial charge in [0.1, 0.15) is 22.5 Å². The van der Waals surface area contributed by atoms with Gasteiger partial charge in [-0.25, -0.2) is 12.8 Å². The van der Waals surface area contributed by atoms with Gasteiger partial charge in [0.05, 0.1) is 20.3 Å². The van der Waals surface area contributed by atoms with E-state index in [1.54, 1.807) is 13.8 Å². The Kier molecular flexibility index (Phi) is 8.24. The minimum absolute atomic E-state index is 0.0776. The van der Waals surface area contributed by atoms with Crippen LogP contribution >= 0.6 is 0 Å². The second kappa shape index (κ2) is 10.9. The predicted octanol–water partition coefficient (Wildman–Crippen LogP) is 2.25. The molecule has 34 heavy (non-hydrogen) atoms. The van der Waals surface area contributed by atoms with Gasteiger partial charge in [-0.1, -0.05) is 13.8 Å². The molecule has 0 unspecified atom stereocenters. The molecular weight excluding hydrogens is 465 g/mol. The standard InChI is InChI=1S/C23H28FN3O6S/c1-15(2)21(26-22(28)16-4-6-17(24)7-5-16)23(29)25-18-8-9-19(32-3)20(14-18)34(30,31)27-10-12-33-13-11-27/h4-9,14-15,21H,10-13H2,1-3H3,(H,25,29)(H,26,28)/t21-/m0/s1. The van der Waals surface area contributed by atoms with Gasteiger partial charge in [-0.05, 0) is 48.4 Å². The fourth-order valence-corrected chi connectivity index (χ4v) is 5.05. The number of nitrogens with zero attached hydrogens (tertiary/aromatic N) is 1. The minimum Gasteiger partial charge on any atom is -0.495 e. The highest BCUT2D eigenvalue weighted by molar-refractivity contribution is 7.89. The maximum atomic E-state index is 13.2. The predicted molar refractivity (Wildman–Crippen MR) is 124 cm³/mol. The third kappa shape index (κ3) is 5.91. The highest BCUT2D eigenvalue weighted by atomic mass is 32.2. The summed E-state index contributed by atoms with van der Waals surface area (Å²) < 4.78 is 51.3. The summed E-state index contributed by atoms with van der Waals surface area (Å²) in [6.07, 6.45) is 0. The van der Waals surface area contributed by atoms with Crippen LogP contribution in [0, 0.1) is 11.7 Å². The molecule has 1 heterocycles. The molecule has 11 heteroatoms. The first-order valence-electron chi connectivity index (χ1n) is 10.8.